The van der Waals surface area contributed by atoms with Gasteiger partial charge in [-0.1, -0.05) is 6.07 Å². The third-order valence-corrected chi connectivity index (χ3v) is 5.24. The number of nitrogens with zero attached hydrogens (tertiary/aromatic N) is 4. The molecule has 0 aromatic carbocycles. The van der Waals surface area contributed by atoms with Crippen molar-refractivity contribution in [1.82, 2.24) is 14.9 Å². The number of halogens is 3. The lowest BCUT2D eigenvalue weighted by atomic mass is 9.88. The van der Waals surface area contributed by atoms with Crippen LogP contribution in [0.15, 0.2) is 48.9 Å². The second-order valence-corrected chi connectivity index (χ2v) is 7.28. The molecule has 2 aliphatic rings. The molecule has 2 aliphatic heterocycles. The average Bonchev–Trinajstić information content (AvgIpc) is 3.10. The summed E-state index contributed by atoms with van der Waals surface area (Å²) in [7, 11) is 0. The van der Waals surface area contributed by atoms with Gasteiger partial charge in [0.25, 0.3) is 0 Å². The molecule has 2 saturated heterocycles. The van der Waals surface area contributed by atoms with Crippen molar-refractivity contribution in [2.75, 3.05) is 31.1 Å². The highest BCUT2D eigenvalue weighted by atomic mass is 19.4. The molecule has 9 heteroatoms. The zero-order chi connectivity index (χ0) is 20.9. The fraction of sp³-hybridized carbons (Fsp3) is 0.450. The van der Waals surface area contributed by atoms with E-state index < -0.39 is 12.1 Å². The van der Waals surface area contributed by atoms with Crippen molar-refractivity contribution in [3.05, 3.63) is 54.6 Å². The number of aliphatic carboxylic acids is 1. The molecule has 29 heavy (non-hydrogen) atoms. The molecule has 4 rings (SSSR count). The number of fused-ring (bicyclic) bond motifs is 1. The molecule has 2 aromatic heterocycles. The van der Waals surface area contributed by atoms with Crippen LogP contribution in [0.1, 0.15) is 12.1 Å². The van der Waals surface area contributed by atoms with Crippen LogP contribution in [0.25, 0.3) is 0 Å². The van der Waals surface area contributed by atoms with Gasteiger partial charge in [-0.25, -0.2) is 4.79 Å². The number of carbonyl (C=O) groups is 1. The van der Waals surface area contributed by atoms with Crippen molar-refractivity contribution in [2.45, 2.75) is 19.1 Å². The van der Waals surface area contributed by atoms with Crippen LogP contribution in [0, 0.1) is 11.8 Å². The first-order valence-corrected chi connectivity index (χ1v) is 9.40. The van der Waals surface area contributed by atoms with Crippen LogP contribution in [0.5, 0.6) is 0 Å². The number of hydrogen-bond donors (Lipinski definition) is 1. The number of carboxylic acids is 1. The number of alkyl halides is 3. The Hall–Kier alpha value is -2.68. The van der Waals surface area contributed by atoms with Crippen LogP contribution in [-0.2, 0) is 11.3 Å². The van der Waals surface area contributed by atoms with Crippen molar-refractivity contribution in [3.8, 4) is 0 Å². The molecule has 2 aromatic rings. The Balaban J connectivity index is 0.000000298. The number of aromatic nitrogens is 2. The van der Waals surface area contributed by atoms with Gasteiger partial charge in [0, 0.05) is 45.1 Å². The van der Waals surface area contributed by atoms with E-state index in [-0.39, 0.29) is 0 Å². The highest BCUT2D eigenvalue weighted by molar-refractivity contribution is 5.73. The summed E-state index contributed by atoms with van der Waals surface area (Å²) < 4.78 is 31.7. The van der Waals surface area contributed by atoms with Gasteiger partial charge in [-0.3, -0.25) is 14.9 Å². The molecule has 6 nitrogen and oxygen atoms in total. The summed E-state index contributed by atoms with van der Waals surface area (Å²) in [6, 6.07) is 10.4. The SMILES string of the molecule is O=C(O)C(F)(F)F.c1ccc(CN2C[C@H]3CCN(c4cccnc4)C[C@H]3C2)nc1. The van der Waals surface area contributed by atoms with Gasteiger partial charge in [-0.2, -0.15) is 13.2 Å². The van der Waals surface area contributed by atoms with Gasteiger partial charge in [-0.15, -0.1) is 0 Å². The van der Waals surface area contributed by atoms with Crippen molar-refractivity contribution in [3.63, 3.8) is 0 Å². The first kappa shape index (κ1) is 21.0. The van der Waals surface area contributed by atoms with Gasteiger partial charge < -0.3 is 10.0 Å². The molecule has 0 spiro atoms. The molecule has 156 valence electrons. The van der Waals surface area contributed by atoms with Crippen LogP contribution < -0.4 is 4.90 Å². The maximum atomic E-state index is 10.6. The Kier molecular flexibility index (Phi) is 6.68. The predicted molar refractivity (Wildman–Crippen MR) is 101 cm³/mol. The molecule has 0 saturated carbocycles. The van der Waals surface area contributed by atoms with Crippen LogP contribution in [0.3, 0.4) is 0 Å². The number of rotatable bonds is 3. The Labute approximate surface area is 167 Å². The molecule has 2 fully saturated rings. The summed E-state index contributed by atoms with van der Waals surface area (Å²) >= 11 is 0. The molecule has 2 atom stereocenters. The summed E-state index contributed by atoms with van der Waals surface area (Å²) in [6.45, 7) is 5.72. The number of piperidine rings is 1. The average molecular weight is 408 g/mol. The van der Waals surface area contributed by atoms with E-state index in [1.165, 1.54) is 30.9 Å². The Bertz CT molecular complexity index is 789. The topological polar surface area (TPSA) is 69.6 Å². The fourth-order valence-electron chi connectivity index (χ4n) is 3.89. The maximum absolute atomic E-state index is 10.6. The number of likely N-dealkylation sites (tertiary alicyclic amines) is 1. The number of carboxylic acid groups (broad SMARTS) is 1. The second-order valence-electron chi connectivity index (χ2n) is 7.28. The number of anilines is 1. The lowest BCUT2D eigenvalue weighted by Crippen LogP contribution is -2.40. The van der Waals surface area contributed by atoms with Crippen molar-refractivity contribution >= 4 is 11.7 Å². The highest BCUT2D eigenvalue weighted by Gasteiger charge is 2.38. The van der Waals surface area contributed by atoms with Crippen molar-refractivity contribution < 1.29 is 23.1 Å². The summed E-state index contributed by atoms with van der Waals surface area (Å²) in [6.07, 6.45) is 1.93. The van der Waals surface area contributed by atoms with Gasteiger partial charge in [0.2, 0.25) is 0 Å². The normalized spacial score (nSPS) is 21.8. The quantitative estimate of drug-likeness (QED) is 0.842. The molecular weight excluding hydrogens is 385 g/mol. The van der Waals surface area contributed by atoms with Crippen molar-refractivity contribution in [2.24, 2.45) is 11.8 Å². The molecule has 1 N–H and O–H groups in total. The third-order valence-electron chi connectivity index (χ3n) is 5.24. The monoisotopic (exact) mass is 408 g/mol. The van der Waals surface area contributed by atoms with Gasteiger partial charge in [0.1, 0.15) is 0 Å². The minimum atomic E-state index is -5.08. The lowest BCUT2D eigenvalue weighted by Gasteiger charge is -2.35. The van der Waals surface area contributed by atoms with E-state index in [0.29, 0.717) is 0 Å². The van der Waals surface area contributed by atoms with E-state index in [1.807, 2.05) is 30.7 Å². The van der Waals surface area contributed by atoms with E-state index in [0.717, 1.165) is 31.5 Å². The molecular formula is C20H23F3N4O2. The third kappa shape index (κ3) is 5.90. The zero-order valence-corrected chi connectivity index (χ0v) is 15.8. The molecule has 4 heterocycles. The van der Waals surface area contributed by atoms with Gasteiger partial charge in [-0.05, 0) is 42.5 Å². The zero-order valence-electron chi connectivity index (χ0n) is 15.8. The molecule has 0 aliphatic carbocycles. The molecule has 0 radical (unpaired) electrons. The van der Waals surface area contributed by atoms with Gasteiger partial charge in [0.15, 0.2) is 0 Å². The Morgan fingerprint density at radius 1 is 1.10 bits per heavy atom. The first-order chi connectivity index (χ1) is 13.8. The molecule has 0 amide bonds. The van der Waals surface area contributed by atoms with E-state index in [2.05, 4.69) is 38.0 Å². The summed E-state index contributed by atoms with van der Waals surface area (Å²) in [4.78, 5) is 22.7. The molecule has 0 bridgehead atoms. The molecule has 0 unspecified atom stereocenters. The van der Waals surface area contributed by atoms with Crippen LogP contribution in [0.2, 0.25) is 0 Å². The number of hydrogen-bond acceptors (Lipinski definition) is 5. The van der Waals surface area contributed by atoms with Crippen LogP contribution in [0.4, 0.5) is 18.9 Å². The Morgan fingerprint density at radius 2 is 1.86 bits per heavy atom. The summed E-state index contributed by atoms with van der Waals surface area (Å²) in [5.41, 5.74) is 2.45. The smallest absolute Gasteiger partial charge is 0.475 e. The van der Waals surface area contributed by atoms with Crippen LogP contribution in [-0.4, -0.2) is 58.3 Å². The second kappa shape index (κ2) is 9.21. The van der Waals surface area contributed by atoms with E-state index in [1.54, 1.807) is 0 Å². The highest BCUT2D eigenvalue weighted by Crippen LogP contribution is 2.33. The Morgan fingerprint density at radius 3 is 2.48 bits per heavy atom. The summed E-state index contributed by atoms with van der Waals surface area (Å²) in [5, 5.41) is 7.12. The van der Waals surface area contributed by atoms with E-state index in [4.69, 9.17) is 9.90 Å². The van der Waals surface area contributed by atoms with Crippen LogP contribution >= 0.6 is 0 Å². The van der Waals surface area contributed by atoms with E-state index in [9.17, 15) is 13.2 Å². The summed E-state index contributed by atoms with van der Waals surface area (Å²) in [5.74, 6) is -1.14. The van der Waals surface area contributed by atoms with E-state index >= 15 is 0 Å². The lowest BCUT2D eigenvalue weighted by molar-refractivity contribution is -0.192. The predicted octanol–water partition coefficient (Wildman–Crippen LogP) is 3.07. The first-order valence-electron chi connectivity index (χ1n) is 9.40. The van der Waals surface area contributed by atoms with Gasteiger partial charge >= 0.3 is 12.1 Å². The number of pyridine rings is 2. The van der Waals surface area contributed by atoms with Crippen molar-refractivity contribution in [1.29, 1.82) is 0 Å². The minimum absolute atomic E-state index is 0.776. The largest absolute Gasteiger partial charge is 0.490 e. The minimum Gasteiger partial charge on any atom is -0.475 e. The standard InChI is InChI=1S/C18H22N4.C2HF3O2/c1-2-8-20-17(4-1)14-21-11-15-6-9-22(13-16(15)12-21)18-5-3-7-19-10-18;3-2(4,5)1(6)7/h1-5,7-8,10,15-16H,6,9,11-14H2;(H,6,7)/t15-,16-;/m1./s1. The van der Waals surface area contributed by atoms with Gasteiger partial charge in [0.05, 0.1) is 17.6 Å². The fourth-order valence-corrected chi connectivity index (χ4v) is 3.89. The maximum Gasteiger partial charge on any atom is 0.490 e.